The number of aryl methyl sites for hydroxylation is 1. The first-order valence-corrected chi connectivity index (χ1v) is 7.64. The van der Waals surface area contributed by atoms with Crippen molar-refractivity contribution in [2.24, 2.45) is 0 Å². The number of amides is 1. The fourth-order valence-corrected chi connectivity index (χ4v) is 2.64. The summed E-state index contributed by atoms with van der Waals surface area (Å²) < 4.78 is 5.27. The minimum absolute atomic E-state index is 0.0617. The highest BCUT2D eigenvalue weighted by Crippen LogP contribution is 2.25. The van der Waals surface area contributed by atoms with Crippen molar-refractivity contribution in [2.45, 2.75) is 26.3 Å². The van der Waals surface area contributed by atoms with Crippen LogP contribution in [0.1, 0.15) is 40.9 Å². The number of nitrogens with one attached hydrogen (secondary N) is 1. The van der Waals surface area contributed by atoms with Gasteiger partial charge in [-0.05, 0) is 42.7 Å². The van der Waals surface area contributed by atoms with E-state index in [1.165, 1.54) is 0 Å². The molecule has 22 heavy (non-hydrogen) atoms. The van der Waals surface area contributed by atoms with Gasteiger partial charge in [0.05, 0.1) is 23.7 Å². The Balaban J connectivity index is 2.21. The first kappa shape index (κ1) is 16.4. The summed E-state index contributed by atoms with van der Waals surface area (Å²) in [5.41, 5.74) is 2.60. The third kappa shape index (κ3) is 3.60. The SMILES string of the molecule is CC[C@H](NC(=O)c1ccccc1Cl)c1ccc(OC)c(C)c1. The van der Waals surface area contributed by atoms with E-state index in [0.717, 1.165) is 23.3 Å². The average Bonchev–Trinajstić information content (AvgIpc) is 2.52. The summed E-state index contributed by atoms with van der Waals surface area (Å²) in [5, 5.41) is 3.50. The maximum atomic E-state index is 12.4. The summed E-state index contributed by atoms with van der Waals surface area (Å²) >= 11 is 6.08. The molecule has 1 N–H and O–H groups in total. The molecule has 0 saturated carbocycles. The third-order valence-corrected chi connectivity index (χ3v) is 3.98. The van der Waals surface area contributed by atoms with E-state index >= 15 is 0 Å². The normalized spacial score (nSPS) is 11.8. The Labute approximate surface area is 136 Å². The molecule has 2 aromatic carbocycles. The lowest BCUT2D eigenvalue weighted by Gasteiger charge is -2.19. The molecular formula is C18H20ClNO2. The van der Waals surface area contributed by atoms with E-state index in [1.807, 2.05) is 38.1 Å². The van der Waals surface area contributed by atoms with Gasteiger partial charge in [-0.25, -0.2) is 0 Å². The van der Waals surface area contributed by atoms with E-state index in [2.05, 4.69) is 5.32 Å². The quantitative estimate of drug-likeness (QED) is 0.879. The third-order valence-electron chi connectivity index (χ3n) is 3.65. The number of ether oxygens (including phenoxy) is 1. The van der Waals surface area contributed by atoms with Gasteiger partial charge in [-0.15, -0.1) is 0 Å². The summed E-state index contributed by atoms with van der Waals surface area (Å²) in [6.07, 6.45) is 0.794. The highest BCUT2D eigenvalue weighted by Gasteiger charge is 2.16. The molecule has 0 radical (unpaired) electrons. The topological polar surface area (TPSA) is 38.3 Å². The van der Waals surface area contributed by atoms with E-state index in [-0.39, 0.29) is 11.9 Å². The number of halogens is 1. The summed E-state index contributed by atoms with van der Waals surface area (Å²) in [5.74, 6) is 0.682. The maximum Gasteiger partial charge on any atom is 0.253 e. The molecule has 2 aromatic rings. The number of hydrogen-bond acceptors (Lipinski definition) is 2. The van der Waals surface area contributed by atoms with Crippen molar-refractivity contribution in [3.8, 4) is 5.75 Å². The van der Waals surface area contributed by atoms with Crippen LogP contribution in [0, 0.1) is 6.92 Å². The Morgan fingerprint density at radius 3 is 2.59 bits per heavy atom. The van der Waals surface area contributed by atoms with Gasteiger partial charge in [-0.3, -0.25) is 4.79 Å². The first-order valence-electron chi connectivity index (χ1n) is 7.26. The molecule has 0 fully saturated rings. The van der Waals surface area contributed by atoms with Crippen LogP contribution in [0.4, 0.5) is 0 Å². The van der Waals surface area contributed by atoms with Crippen LogP contribution >= 0.6 is 11.6 Å². The molecule has 0 heterocycles. The lowest BCUT2D eigenvalue weighted by atomic mass is 10.0. The van der Waals surface area contributed by atoms with E-state index in [9.17, 15) is 4.79 Å². The molecule has 1 amide bonds. The lowest BCUT2D eigenvalue weighted by molar-refractivity contribution is 0.0935. The van der Waals surface area contributed by atoms with Crippen LogP contribution in [0.15, 0.2) is 42.5 Å². The fourth-order valence-electron chi connectivity index (χ4n) is 2.42. The standard InChI is InChI=1S/C18H20ClNO2/c1-4-16(13-9-10-17(22-3)12(2)11-13)20-18(21)14-7-5-6-8-15(14)19/h5-11,16H,4H2,1-3H3,(H,20,21)/t16-/m0/s1. The maximum absolute atomic E-state index is 12.4. The highest BCUT2D eigenvalue weighted by atomic mass is 35.5. The van der Waals surface area contributed by atoms with Crippen LogP contribution in [0.2, 0.25) is 5.02 Å². The molecule has 0 aliphatic heterocycles. The van der Waals surface area contributed by atoms with Gasteiger partial charge >= 0.3 is 0 Å². The number of carbonyl (C=O) groups is 1. The number of carbonyl (C=O) groups excluding carboxylic acids is 1. The minimum Gasteiger partial charge on any atom is -0.496 e. The number of benzene rings is 2. The van der Waals surface area contributed by atoms with Crippen molar-refractivity contribution in [2.75, 3.05) is 7.11 Å². The molecular weight excluding hydrogens is 298 g/mol. The summed E-state index contributed by atoms with van der Waals surface area (Å²) in [4.78, 5) is 12.4. The van der Waals surface area contributed by atoms with Crippen LogP contribution in [0.3, 0.4) is 0 Å². The van der Waals surface area contributed by atoms with Crippen LogP contribution in [0.5, 0.6) is 5.75 Å². The van der Waals surface area contributed by atoms with Gasteiger partial charge in [-0.1, -0.05) is 42.8 Å². The smallest absolute Gasteiger partial charge is 0.253 e. The van der Waals surface area contributed by atoms with Crippen molar-refractivity contribution < 1.29 is 9.53 Å². The number of hydrogen-bond donors (Lipinski definition) is 1. The van der Waals surface area contributed by atoms with Crippen LogP contribution < -0.4 is 10.1 Å². The predicted octanol–water partition coefficient (Wildman–Crippen LogP) is 4.54. The molecule has 2 rings (SSSR count). The molecule has 0 bridgehead atoms. The first-order chi connectivity index (χ1) is 10.6. The van der Waals surface area contributed by atoms with Crippen molar-refractivity contribution in [3.05, 3.63) is 64.2 Å². The monoisotopic (exact) mass is 317 g/mol. The van der Waals surface area contributed by atoms with Crippen molar-refractivity contribution in [3.63, 3.8) is 0 Å². The van der Waals surface area contributed by atoms with Crippen molar-refractivity contribution >= 4 is 17.5 Å². The zero-order chi connectivity index (χ0) is 16.1. The second kappa shape index (κ2) is 7.32. The Bertz CT molecular complexity index is 670. The Morgan fingerprint density at radius 2 is 2.00 bits per heavy atom. The van der Waals surface area contributed by atoms with Crippen molar-refractivity contribution in [1.82, 2.24) is 5.32 Å². The number of rotatable bonds is 5. The summed E-state index contributed by atoms with van der Waals surface area (Å²) in [6, 6.07) is 12.9. The second-order valence-corrected chi connectivity index (χ2v) is 5.55. The van der Waals surface area contributed by atoms with Crippen LogP contribution in [-0.2, 0) is 0 Å². The van der Waals surface area contributed by atoms with Gasteiger partial charge in [0, 0.05) is 0 Å². The molecule has 4 heteroatoms. The average molecular weight is 318 g/mol. The zero-order valence-electron chi connectivity index (χ0n) is 13.0. The highest BCUT2D eigenvalue weighted by molar-refractivity contribution is 6.33. The molecule has 3 nitrogen and oxygen atoms in total. The predicted molar refractivity (Wildman–Crippen MR) is 89.7 cm³/mol. The summed E-state index contributed by atoms with van der Waals surface area (Å²) in [6.45, 7) is 4.03. The van der Waals surface area contributed by atoms with Gasteiger partial charge in [0.2, 0.25) is 0 Å². The minimum atomic E-state index is -0.161. The molecule has 0 aliphatic carbocycles. The van der Waals surface area contributed by atoms with Crippen LogP contribution in [0.25, 0.3) is 0 Å². The molecule has 0 aliphatic rings. The Hall–Kier alpha value is -2.00. The largest absolute Gasteiger partial charge is 0.496 e. The fraction of sp³-hybridized carbons (Fsp3) is 0.278. The Morgan fingerprint density at radius 1 is 1.27 bits per heavy atom. The van der Waals surface area contributed by atoms with Gasteiger partial charge in [-0.2, -0.15) is 0 Å². The molecule has 0 aromatic heterocycles. The van der Waals surface area contributed by atoms with E-state index in [0.29, 0.717) is 10.6 Å². The van der Waals surface area contributed by atoms with E-state index in [4.69, 9.17) is 16.3 Å². The molecule has 116 valence electrons. The lowest BCUT2D eigenvalue weighted by Crippen LogP contribution is -2.28. The summed E-state index contributed by atoms with van der Waals surface area (Å²) in [7, 11) is 1.65. The van der Waals surface area contributed by atoms with Crippen LogP contribution in [-0.4, -0.2) is 13.0 Å². The van der Waals surface area contributed by atoms with Crippen molar-refractivity contribution in [1.29, 1.82) is 0 Å². The Kier molecular flexibility index (Phi) is 5.45. The van der Waals surface area contributed by atoms with E-state index < -0.39 is 0 Å². The molecule has 0 spiro atoms. The van der Waals surface area contributed by atoms with Gasteiger partial charge in [0.1, 0.15) is 5.75 Å². The molecule has 1 atom stereocenters. The van der Waals surface area contributed by atoms with Gasteiger partial charge in [0.15, 0.2) is 0 Å². The van der Waals surface area contributed by atoms with Gasteiger partial charge in [0.25, 0.3) is 5.91 Å². The number of methoxy groups -OCH3 is 1. The molecule has 0 unspecified atom stereocenters. The zero-order valence-corrected chi connectivity index (χ0v) is 13.8. The van der Waals surface area contributed by atoms with Gasteiger partial charge < -0.3 is 10.1 Å². The molecule has 0 saturated heterocycles. The van der Waals surface area contributed by atoms with E-state index in [1.54, 1.807) is 25.3 Å². The second-order valence-electron chi connectivity index (χ2n) is 5.14.